The fraction of sp³-hybridized carbons (Fsp3) is 0.500. The normalized spacial score (nSPS) is 16.6. The highest BCUT2D eigenvalue weighted by Gasteiger charge is 2.27. The molecule has 0 bridgehead atoms. The van der Waals surface area contributed by atoms with Crippen LogP contribution in [0.1, 0.15) is 52.5 Å². The van der Waals surface area contributed by atoms with Crippen LogP contribution < -0.4 is 15.8 Å². The van der Waals surface area contributed by atoms with Gasteiger partial charge in [0.2, 0.25) is 0 Å². The van der Waals surface area contributed by atoms with Crippen LogP contribution in [0, 0.1) is 11.3 Å². The second kappa shape index (κ2) is 13.2. The molecular formula is C30H40Cl2N6O. The van der Waals surface area contributed by atoms with Gasteiger partial charge in [0.25, 0.3) is 5.56 Å². The highest BCUT2D eigenvalue weighted by Crippen LogP contribution is 2.26. The van der Waals surface area contributed by atoms with E-state index in [9.17, 15) is 10.2 Å². The molecule has 39 heavy (non-hydrogen) atoms. The van der Waals surface area contributed by atoms with Gasteiger partial charge in [-0.1, -0.05) is 56.0 Å². The smallest absolute Gasteiger partial charge is 0.261 e. The number of guanidine groups is 1. The molecule has 0 spiro atoms. The van der Waals surface area contributed by atoms with Crippen molar-refractivity contribution in [2.75, 3.05) is 24.5 Å². The highest BCUT2D eigenvalue weighted by molar-refractivity contribution is 6.35. The number of benzene rings is 2. The number of piperazine rings is 1. The predicted octanol–water partition coefficient (Wildman–Crippen LogP) is 6.20. The second-order valence-electron chi connectivity index (χ2n) is 11.1. The number of aromatic nitrogens is 2. The molecule has 2 heterocycles. The molecule has 210 valence electrons. The van der Waals surface area contributed by atoms with Crippen molar-refractivity contribution in [3.63, 3.8) is 0 Å². The lowest BCUT2D eigenvalue weighted by Gasteiger charge is -2.40. The standard InChI is InChI=1S/C30H40Cl2N6O/c1-20(2)6-5-7-22(4)38(30(33)36-15-13-34-21(3)18-36)25-10-11-26-28(17-25)35-19-37(29(26)39)14-12-23-8-9-24(31)16-27(23)32/h8-11,16-17,19-22,33-34H,5-7,12-15,18H2,1-4H3/t21-,22?/m0/s1. The Morgan fingerprint density at radius 1 is 1.18 bits per heavy atom. The van der Waals surface area contributed by atoms with Crippen molar-refractivity contribution in [2.45, 2.75) is 72.0 Å². The third-order valence-electron chi connectivity index (χ3n) is 7.46. The summed E-state index contributed by atoms with van der Waals surface area (Å²) in [7, 11) is 0. The molecule has 1 aliphatic rings. The van der Waals surface area contributed by atoms with Crippen molar-refractivity contribution in [2.24, 2.45) is 5.92 Å². The Morgan fingerprint density at radius 3 is 2.69 bits per heavy atom. The molecule has 1 aromatic heterocycles. The first kappa shape index (κ1) is 29.4. The first-order valence-corrected chi connectivity index (χ1v) is 14.7. The van der Waals surface area contributed by atoms with Crippen LogP contribution in [0.25, 0.3) is 10.9 Å². The molecule has 2 N–H and O–H groups in total. The lowest BCUT2D eigenvalue weighted by Crippen LogP contribution is -2.57. The lowest BCUT2D eigenvalue weighted by molar-refractivity contribution is 0.296. The van der Waals surface area contributed by atoms with Gasteiger partial charge in [0.1, 0.15) is 0 Å². The molecule has 3 aromatic rings. The largest absolute Gasteiger partial charge is 0.340 e. The van der Waals surface area contributed by atoms with Gasteiger partial charge in [-0.15, -0.1) is 0 Å². The topological polar surface area (TPSA) is 77.3 Å². The fourth-order valence-corrected chi connectivity index (χ4v) is 5.74. The molecule has 0 saturated carbocycles. The Labute approximate surface area is 241 Å². The van der Waals surface area contributed by atoms with Gasteiger partial charge in [0.05, 0.1) is 17.2 Å². The number of hydrogen-bond donors (Lipinski definition) is 2. The molecule has 0 aliphatic carbocycles. The maximum atomic E-state index is 13.3. The van der Waals surface area contributed by atoms with Gasteiger partial charge >= 0.3 is 0 Å². The Bertz CT molecular complexity index is 1360. The average Bonchev–Trinajstić information content (AvgIpc) is 2.89. The molecule has 4 rings (SSSR count). The Kier molecular flexibility index (Phi) is 9.91. The minimum Gasteiger partial charge on any atom is -0.340 e. The van der Waals surface area contributed by atoms with Gasteiger partial charge in [0.15, 0.2) is 5.96 Å². The average molecular weight is 572 g/mol. The summed E-state index contributed by atoms with van der Waals surface area (Å²) in [5, 5.41) is 14.4. The van der Waals surface area contributed by atoms with Crippen LogP contribution in [0.15, 0.2) is 47.5 Å². The summed E-state index contributed by atoms with van der Waals surface area (Å²) >= 11 is 12.3. The van der Waals surface area contributed by atoms with Crippen LogP contribution in [0.3, 0.4) is 0 Å². The summed E-state index contributed by atoms with van der Waals surface area (Å²) in [6.07, 6.45) is 5.47. The molecule has 9 heteroatoms. The van der Waals surface area contributed by atoms with Crippen LogP contribution in [0.5, 0.6) is 0 Å². The van der Waals surface area contributed by atoms with Crippen LogP contribution in [0.2, 0.25) is 10.0 Å². The van der Waals surface area contributed by atoms with E-state index in [1.165, 1.54) is 0 Å². The van der Waals surface area contributed by atoms with Gasteiger partial charge in [-0.2, -0.15) is 0 Å². The Hall–Kier alpha value is -2.61. The van der Waals surface area contributed by atoms with Gasteiger partial charge < -0.3 is 15.1 Å². The third kappa shape index (κ3) is 7.33. The zero-order valence-electron chi connectivity index (χ0n) is 23.4. The molecular weight excluding hydrogens is 531 g/mol. The number of hydrogen-bond acceptors (Lipinski definition) is 4. The summed E-state index contributed by atoms with van der Waals surface area (Å²) in [4.78, 5) is 22.2. The van der Waals surface area contributed by atoms with E-state index in [1.54, 1.807) is 23.0 Å². The summed E-state index contributed by atoms with van der Waals surface area (Å²) in [5.74, 6) is 1.16. The van der Waals surface area contributed by atoms with Gasteiger partial charge in [-0.05, 0) is 68.5 Å². The van der Waals surface area contributed by atoms with E-state index >= 15 is 0 Å². The second-order valence-corrected chi connectivity index (χ2v) is 11.9. The summed E-state index contributed by atoms with van der Waals surface area (Å²) in [6.45, 7) is 11.8. The van der Waals surface area contributed by atoms with Crippen molar-refractivity contribution in [1.82, 2.24) is 19.8 Å². The van der Waals surface area contributed by atoms with Crippen molar-refractivity contribution < 1.29 is 0 Å². The maximum Gasteiger partial charge on any atom is 0.261 e. The Balaban J connectivity index is 1.59. The lowest BCUT2D eigenvalue weighted by atomic mass is 10.0. The van der Waals surface area contributed by atoms with Crippen LogP contribution in [0.4, 0.5) is 5.69 Å². The van der Waals surface area contributed by atoms with E-state index in [4.69, 9.17) is 23.2 Å². The fourth-order valence-electron chi connectivity index (χ4n) is 5.23. The molecule has 1 aliphatic heterocycles. The monoisotopic (exact) mass is 570 g/mol. The molecule has 1 unspecified atom stereocenters. The van der Waals surface area contributed by atoms with E-state index in [0.29, 0.717) is 51.8 Å². The summed E-state index contributed by atoms with van der Waals surface area (Å²) in [5.41, 5.74) is 2.39. The zero-order valence-corrected chi connectivity index (χ0v) is 24.9. The number of nitrogens with zero attached hydrogens (tertiary/aromatic N) is 4. The van der Waals surface area contributed by atoms with E-state index in [2.05, 4.69) is 47.8 Å². The third-order valence-corrected chi connectivity index (χ3v) is 8.05. The van der Waals surface area contributed by atoms with Crippen molar-refractivity contribution >= 4 is 45.8 Å². The van der Waals surface area contributed by atoms with Gasteiger partial charge in [-0.3, -0.25) is 14.8 Å². The van der Waals surface area contributed by atoms with Crippen molar-refractivity contribution in [3.8, 4) is 0 Å². The van der Waals surface area contributed by atoms with Crippen molar-refractivity contribution in [1.29, 1.82) is 5.41 Å². The van der Waals surface area contributed by atoms with E-state index < -0.39 is 0 Å². The number of fused-ring (bicyclic) bond motifs is 1. The number of nitrogens with one attached hydrogen (secondary N) is 2. The van der Waals surface area contributed by atoms with Crippen LogP contribution in [-0.4, -0.2) is 52.1 Å². The number of halogens is 2. The quantitative estimate of drug-likeness (QED) is 0.236. The SMILES string of the molecule is CC(C)CCCC(C)N(C(=N)N1CCN[C@@H](C)C1)c1ccc2c(=O)n(CCc3ccc(Cl)cc3Cl)cnc2c1. The molecule has 2 aromatic carbocycles. The maximum absolute atomic E-state index is 13.3. The molecule has 2 atom stereocenters. The predicted molar refractivity (Wildman–Crippen MR) is 164 cm³/mol. The minimum atomic E-state index is -0.0841. The van der Waals surface area contributed by atoms with Crippen LogP contribution >= 0.6 is 23.2 Å². The minimum absolute atomic E-state index is 0.0841. The van der Waals surface area contributed by atoms with Gasteiger partial charge in [-0.25, -0.2) is 4.98 Å². The number of anilines is 1. The first-order valence-electron chi connectivity index (χ1n) is 13.9. The van der Waals surface area contributed by atoms with Crippen molar-refractivity contribution in [3.05, 3.63) is 68.7 Å². The number of aryl methyl sites for hydroxylation is 2. The zero-order chi connectivity index (χ0) is 28.1. The van der Waals surface area contributed by atoms with Gasteiger partial charge in [0, 0.05) is 54.0 Å². The van der Waals surface area contributed by atoms with Crippen LogP contribution in [-0.2, 0) is 13.0 Å². The highest BCUT2D eigenvalue weighted by atomic mass is 35.5. The van der Waals surface area contributed by atoms with E-state index in [-0.39, 0.29) is 11.6 Å². The summed E-state index contributed by atoms with van der Waals surface area (Å²) in [6, 6.07) is 11.7. The Morgan fingerprint density at radius 2 is 1.97 bits per heavy atom. The molecule has 1 fully saturated rings. The summed E-state index contributed by atoms with van der Waals surface area (Å²) < 4.78 is 1.63. The molecule has 0 amide bonds. The molecule has 0 radical (unpaired) electrons. The molecule has 7 nitrogen and oxygen atoms in total. The molecule has 1 saturated heterocycles. The first-order chi connectivity index (χ1) is 18.6. The number of rotatable bonds is 9. The van der Waals surface area contributed by atoms with E-state index in [0.717, 1.165) is 50.1 Å². The van der Waals surface area contributed by atoms with E-state index in [1.807, 2.05) is 24.3 Å².